The Labute approximate surface area is 85.5 Å². The zero-order chi connectivity index (χ0) is 10.0. The van der Waals surface area contributed by atoms with Crippen molar-refractivity contribution >= 4 is 34.6 Å². The van der Waals surface area contributed by atoms with E-state index < -0.39 is 0 Å². The molecule has 72 valence electrons. The van der Waals surface area contributed by atoms with Gasteiger partial charge in [0, 0.05) is 19.0 Å². The normalized spacial score (nSPS) is 10.4. The highest BCUT2D eigenvalue weighted by Gasteiger charge is 2.16. The van der Waals surface area contributed by atoms with Gasteiger partial charge < -0.3 is 11.5 Å². The van der Waals surface area contributed by atoms with E-state index in [1.54, 1.807) is 11.8 Å². The van der Waals surface area contributed by atoms with E-state index in [-0.39, 0.29) is 5.78 Å². The molecule has 5 heteroatoms. The number of nitrogen functional groups attached to an aromatic ring is 1. The summed E-state index contributed by atoms with van der Waals surface area (Å²) in [6, 6.07) is 0. The second-order valence-electron chi connectivity index (χ2n) is 2.58. The Morgan fingerprint density at radius 3 is 2.54 bits per heavy atom. The molecule has 1 aromatic heterocycles. The number of thioether (sulfide) groups is 1. The lowest BCUT2D eigenvalue weighted by Crippen LogP contribution is -2.02. The topological polar surface area (TPSA) is 69.1 Å². The Kier molecular flexibility index (Phi) is 3.35. The molecule has 0 bridgehead atoms. The van der Waals surface area contributed by atoms with E-state index in [1.807, 2.05) is 6.26 Å². The van der Waals surface area contributed by atoms with E-state index in [4.69, 9.17) is 11.5 Å². The van der Waals surface area contributed by atoms with Crippen molar-refractivity contribution in [3.63, 3.8) is 0 Å². The highest BCUT2D eigenvalue weighted by Crippen LogP contribution is 2.36. The van der Waals surface area contributed by atoms with Crippen LogP contribution in [0.15, 0.2) is 4.21 Å². The quantitative estimate of drug-likeness (QED) is 0.596. The number of thiophene rings is 1. The highest BCUT2D eigenvalue weighted by molar-refractivity contribution is 8.00. The molecule has 0 spiro atoms. The van der Waals surface area contributed by atoms with Gasteiger partial charge in [-0.05, 0) is 6.26 Å². The number of carbonyl (C=O) groups is 1. The summed E-state index contributed by atoms with van der Waals surface area (Å²) in [5, 5.41) is 0. The molecule has 1 aromatic rings. The third kappa shape index (κ3) is 1.87. The van der Waals surface area contributed by atoms with Crippen LogP contribution in [-0.2, 0) is 6.54 Å². The van der Waals surface area contributed by atoms with Crippen molar-refractivity contribution < 1.29 is 4.79 Å². The summed E-state index contributed by atoms with van der Waals surface area (Å²) in [4.78, 5) is 11.8. The first-order chi connectivity index (χ1) is 6.11. The number of anilines is 1. The Bertz CT molecular complexity index is 333. The van der Waals surface area contributed by atoms with Gasteiger partial charge in [0.05, 0.1) is 14.8 Å². The highest BCUT2D eigenvalue weighted by atomic mass is 32.2. The van der Waals surface area contributed by atoms with Crippen molar-refractivity contribution in [3.05, 3.63) is 10.4 Å². The predicted molar refractivity (Wildman–Crippen MR) is 58.4 cm³/mol. The number of ketones is 1. The van der Waals surface area contributed by atoms with Crippen LogP contribution in [0.25, 0.3) is 0 Å². The molecule has 0 aliphatic carbocycles. The summed E-state index contributed by atoms with van der Waals surface area (Å²) in [7, 11) is 0. The second-order valence-corrected chi connectivity index (χ2v) is 4.67. The lowest BCUT2D eigenvalue weighted by atomic mass is 10.2. The van der Waals surface area contributed by atoms with Gasteiger partial charge in [-0.2, -0.15) is 0 Å². The minimum absolute atomic E-state index is 0.0116. The Balaban J connectivity index is 3.26. The van der Waals surface area contributed by atoms with Crippen LogP contribution < -0.4 is 11.5 Å². The molecule has 0 radical (unpaired) electrons. The van der Waals surface area contributed by atoms with E-state index in [0.29, 0.717) is 17.1 Å². The fourth-order valence-electron chi connectivity index (χ4n) is 1.08. The van der Waals surface area contributed by atoms with E-state index in [9.17, 15) is 4.79 Å². The van der Waals surface area contributed by atoms with Gasteiger partial charge in [-0.1, -0.05) is 0 Å². The zero-order valence-corrected chi connectivity index (χ0v) is 9.22. The summed E-state index contributed by atoms with van der Waals surface area (Å²) in [5.41, 5.74) is 12.8. The number of rotatable bonds is 3. The van der Waals surface area contributed by atoms with Gasteiger partial charge in [0.2, 0.25) is 0 Å². The van der Waals surface area contributed by atoms with Gasteiger partial charge >= 0.3 is 0 Å². The molecule has 0 unspecified atom stereocenters. The minimum atomic E-state index is 0.0116. The zero-order valence-electron chi connectivity index (χ0n) is 7.59. The average Bonchev–Trinajstić information content (AvgIpc) is 2.41. The van der Waals surface area contributed by atoms with Gasteiger partial charge in [0.15, 0.2) is 5.78 Å². The van der Waals surface area contributed by atoms with Gasteiger partial charge in [-0.3, -0.25) is 4.79 Å². The van der Waals surface area contributed by atoms with E-state index >= 15 is 0 Å². The monoisotopic (exact) mass is 216 g/mol. The van der Waals surface area contributed by atoms with Gasteiger partial charge in [0.25, 0.3) is 0 Å². The molecule has 0 saturated heterocycles. The van der Waals surface area contributed by atoms with Crippen LogP contribution in [0.2, 0.25) is 0 Å². The maximum Gasteiger partial charge on any atom is 0.171 e. The number of carbonyl (C=O) groups excluding carboxylic acids is 1. The van der Waals surface area contributed by atoms with Crippen LogP contribution >= 0.6 is 23.1 Å². The molecule has 0 fully saturated rings. The lowest BCUT2D eigenvalue weighted by Gasteiger charge is -1.97. The third-order valence-electron chi connectivity index (χ3n) is 1.72. The fourth-order valence-corrected chi connectivity index (χ4v) is 2.98. The summed E-state index contributed by atoms with van der Waals surface area (Å²) in [5.74, 6) is 0.0116. The first kappa shape index (κ1) is 10.6. The van der Waals surface area contributed by atoms with E-state index in [1.165, 1.54) is 18.3 Å². The second kappa shape index (κ2) is 4.13. The van der Waals surface area contributed by atoms with E-state index in [0.717, 1.165) is 9.77 Å². The molecule has 3 nitrogen and oxygen atoms in total. The summed E-state index contributed by atoms with van der Waals surface area (Å²) >= 11 is 3.01. The van der Waals surface area contributed by atoms with Crippen LogP contribution in [0.4, 0.5) is 5.69 Å². The Morgan fingerprint density at radius 1 is 1.62 bits per heavy atom. The Morgan fingerprint density at radius 2 is 2.23 bits per heavy atom. The van der Waals surface area contributed by atoms with Crippen LogP contribution in [0.5, 0.6) is 0 Å². The molecule has 1 heterocycles. The van der Waals surface area contributed by atoms with Gasteiger partial charge in [-0.25, -0.2) is 0 Å². The van der Waals surface area contributed by atoms with E-state index in [2.05, 4.69) is 0 Å². The van der Waals surface area contributed by atoms with Crippen molar-refractivity contribution in [3.8, 4) is 0 Å². The fraction of sp³-hybridized carbons (Fsp3) is 0.375. The standard InChI is InChI=1S/C8H12N2OS2/c1-4(11)7-6(10)5(3-9)8(12-2)13-7/h3,9-10H2,1-2H3. The molecule has 0 aliphatic rings. The molecule has 0 aromatic carbocycles. The molecule has 1 rings (SSSR count). The van der Waals surface area contributed by atoms with Crippen LogP contribution in [-0.4, -0.2) is 12.0 Å². The molecule has 0 aliphatic heterocycles. The molecule has 0 amide bonds. The molecule has 0 atom stereocenters. The largest absolute Gasteiger partial charge is 0.397 e. The average molecular weight is 216 g/mol. The first-order valence-corrected chi connectivity index (χ1v) is 5.82. The predicted octanol–water partition coefficient (Wildman–Crippen LogP) is 1.71. The summed E-state index contributed by atoms with van der Waals surface area (Å²) in [6.07, 6.45) is 1.95. The minimum Gasteiger partial charge on any atom is -0.397 e. The number of Topliss-reactive ketones (excluding diaryl/α,β-unsaturated/α-hetero) is 1. The maximum atomic E-state index is 11.1. The molecule has 13 heavy (non-hydrogen) atoms. The van der Waals surface area contributed by atoms with Crippen molar-refractivity contribution in [1.82, 2.24) is 0 Å². The van der Waals surface area contributed by atoms with Crippen LogP contribution in [0, 0.1) is 0 Å². The third-order valence-corrected chi connectivity index (χ3v) is 4.23. The van der Waals surface area contributed by atoms with Crippen LogP contribution in [0.1, 0.15) is 22.2 Å². The van der Waals surface area contributed by atoms with Crippen molar-refractivity contribution in [1.29, 1.82) is 0 Å². The van der Waals surface area contributed by atoms with Gasteiger partial charge in [-0.15, -0.1) is 23.1 Å². The number of nitrogens with two attached hydrogens (primary N) is 2. The molecule has 0 saturated carbocycles. The number of hydrogen-bond acceptors (Lipinski definition) is 5. The Hall–Kier alpha value is -0.520. The molecule has 4 N–H and O–H groups in total. The van der Waals surface area contributed by atoms with Crippen LogP contribution in [0.3, 0.4) is 0 Å². The first-order valence-electron chi connectivity index (χ1n) is 3.78. The van der Waals surface area contributed by atoms with Crippen molar-refractivity contribution in [2.24, 2.45) is 5.73 Å². The number of hydrogen-bond donors (Lipinski definition) is 2. The summed E-state index contributed by atoms with van der Waals surface area (Å²) in [6.45, 7) is 1.92. The summed E-state index contributed by atoms with van der Waals surface area (Å²) < 4.78 is 1.05. The SMILES string of the molecule is CSc1sc(C(C)=O)c(N)c1CN. The van der Waals surface area contributed by atoms with Crippen molar-refractivity contribution in [2.45, 2.75) is 17.7 Å². The maximum absolute atomic E-state index is 11.1. The van der Waals surface area contributed by atoms with Gasteiger partial charge in [0.1, 0.15) is 0 Å². The lowest BCUT2D eigenvalue weighted by molar-refractivity contribution is 0.102. The molecular weight excluding hydrogens is 204 g/mol. The smallest absolute Gasteiger partial charge is 0.171 e. The molecular formula is C8H12N2OS2. The van der Waals surface area contributed by atoms with Crippen molar-refractivity contribution in [2.75, 3.05) is 12.0 Å².